The summed E-state index contributed by atoms with van der Waals surface area (Å²) in [5.74, 6) is -1.57. The van der Waals surface area contributed by atoms with E-state index >= 15 is 0 Å². The molecule has 0 radical (unpaired) electrons. The van der Waals surface area contributed by atoms with E-state index in [2.05, 4.69) is 0 Å². The minimum Gasteiger partial charge on any atom is -0.505 e. The third-order valence-corrected chi connectivity index (χ3v) is 6.22. The van der Waals surface area contributed by atoms with Crippen LogP contribution in [0.25, 0.3) is 0 Å². The van der Waals surface area contributed by atoms with Crippen LogP contribution in [0.2, 0.25) is 5.02 Å². The van der Waals surface area contributed by atoms with Crippen molar-refractivity contribution in [3.8, 4) is 5.75 Å². The van der Waals surface area contributed by atoms with Crippen LogP contribution < -0.4 is 0 Å². The number of phenols is 1. The summed E-state index contributed by atoms with van der Waals surface area (Å²) in [6.45, 7) is 1.90. The first kappa shape index (κ1) is 20.1. The largest absolute Gasteiger partial charge is 0.505 e. The summed E-state index contributed by atoms with van der Waals surface area (Å²) >= 11 is 5.91. The third-order valence-electron chi connectivity index (χ3n) is 5.97. The number of carbonyl (C=O) groups excluding carboxylic acids is 1. The van der Waals surface area contributed by atoms with E-state index in [0.717, 1.165) is 5.56 Å². The molecule has 2 fully saturated rings. The van der Waals surface area contributed by atoms with Crippen molar-refractivity contribution in [3.05, 3.63) is 64.4 Å². The van der Waals surface area contributed by atoms with E-state index in [4.69, 9.17) is 11.6 Å². The maximum absolute atomic E-state index is 14.9. The van der Waals surface area contributed by atoms with E-state index in [1.165, 1.54) is 12.1 Å². The van der Waals surface area contributed by atoms with Gasteiger partial charge in [0.05, 0.1) is 6.04 Å². The van der Waals surface area contributed by atoms with Crippen LogP contribution in [0.5, 0.6) is 5.75 Å². The van der Waals surface area contributed by atoms with Crippen LogP contribution in [0.4, 0.5) is 8.78 Å². The van der Waals surface area contributed by atoms with Gasteiger partial charge < -0.3 is 10.0 Å². The van der Waals surface area contributed by atoms with Crippen molar-refractivity contribution in [2.45, 2.75) is 37.5 Å². The molecule has 1 N–H and O–H groups in total. The van der Waals surface area contributed by atoms with Crippen molar-refractivity contribution in [2.75, 3.05) is 19.6 Å². The molecule has 0 saturated carbocycles. The lowest BCUT2D eigenvalue weighted by Gasteiger charge is -2.37. The molecule has 0 spiro atoms. The molecule has 4 nitrogen and oxygen atoms in total. The number of halogens is 3. The Morgan fingerprint density at radius 2 is 1.86 bits per heavy atom. The van der Waals surface area contributed by atoms with Crippen LogP contribution in [0.15, 0.2) is 42.5 Å². The molecule has 2 aromatic rings. The zero-order chi connectivity index (χ0) is 20.5. The number of piperidine rings is 1. The fourth-order valence-electron chi connectivity index (χ4n) is 4.37. The summed E-state index contributed by atoms with van der Waals surface area (Å²) in [4.78, 5) is 16.6. The Kier molecular flexibility index (Phi) is 5.74. The number of amides is 1. The molecule has 0 unspecified atom stereocenters. The molecule has 2 aliphatic rings. The van der Waals surface area contributed by atoms with Gasteiger partial charge >= 0.3 is 0 Å². The topological polar surface area (TPSA) is 43.8 Å². The molecule has 0 bridgehead atoms. The average molecular weight is 421 g/mol. The molecule has 29 heavy (non-hydrogen) atoms. The van der Waals surface area contributed by atoms with Gasteiger partial charge in [-0.2, -0.15) is 0 Å². The summed E-state index contributed by atoms with van der Waals surface area (Å²) in [7, 11) is 0. The molecule has 4 rings (SSSR count). The smallest absolute Gasteiger partial charge is 0.240 e. The average Bonchev–Trinajstić information content (AvgIpc) is 3.06. The van der Waals surface area contributed by atoms with E-state index < -0.39 is 23.7 Å². The van der Waals surface area contributed by atoms with Gasteiger partial charge in [0, 0.05) is 30.6 Å². The Morgan fingerprint density at radius 3 is 2.55 bits per heavy atom. The van der Waals surface area contributed by atoms with E-state index in [1.54, 1.807) is 18.2 Å². The first-order chi connectivity index (χ1) is 13.9. The second kappa shape index (κ2) is 8.28. The molecule has 0 aliphatic carbocycles. The first-order valence-electron chi connectivity index (χ1n) is 9.82. The van der Waals surface area contributed by atoms with Gasteiger partial charge in [0.2, 0.25) is 5.91 Å². The van der Waals surface area contributed by atoms with Crippen LogP contribution in [0, 0.1) is 5.82 Å². The number of benzene rings is 2. The molecule has 3 atom stereocenters. The Bertz CT molecular complexity index is 893. The van der Waals surface area contributed by atoms with Crippen LogP contribution in [0.1, 0.15) is 29.9 Å². The van der Waals surface area contributed by atoms with E-state index in [-0.39, 0.29) is 18.5 Å². The zero-order valence-electron chi connectivity index (χ0n) is 15.9. The second-order valence-corrected chi connectivity index (χ2v) is 8.24. The van der Waals surface area contributed by atoms with E-state index in [1.807, 2.05) is 21.9 Å². The third kappa shape index (κ3) is 4.23. The Balaban J connectivity index is 1.38. The molecular weight excluding hydrogens is 398 g/mol. The van der Waals surface area contributed by atoms with Gasteiger partial charge in [-0.05, 0) is 54.8 Å². The summed E-state index contributed by atoms with van der Waals surface area (Å²) in [6.07, 6.45) is -0.00455. The Morgan fingerprint density at radius 1 is 1.10 bits per heavy atom. The number of carbonyl (C=O) groups is 1. The minimum absolute atomic E-state index is 0.0290. The highest BCUT2D eigenvalue weighted by molar-refractivity contribution is 6.30. The van der Waals surface area contributed by atoms with Gasteiger partial charge in [-0.1, -0.05) is 29.8 Å². The predicted molar refractivity (Wildman–Crippen MR) is 107 cm³/mol. The standard InChI is InChI=1S/C22H23ClF2N2O2/c23-16-4-1-14(2-5-16)12-27-10-8-20(22(27)29)26-9-7-17(19(25)13-26)15-3-6-21(28)18(24)11-15/h1-6,11,17,19-20,28H,7-10,12-13H2/t17-,19+,20+/m0/s1. The van der Waals surface area contributed by atoms with Gasteiger partial charge in [-0.3, -0.25) is 9.69 Å². The number of nitrogens with zero attached hydrogens (tertiary/aromatic N) is 2. The molecule has 1 amide bonds. The molecule has 154 valence electrons. The molecule has 2 aliphatic heterocycles. The zero-order valence-corrected chi connectivity index (χ0v) is 16.7. The minimum atomic E-state index is -1.19. The van der Waals surface area contributed by atoms with Crippen molar-refractivity contribution >= 4 is 17.5 Å². The molecule has 2 aromatic carbocycles. The maximum Gasteiger partial charge on any atom is 0.240 e. The molecule has 2 heterocycles. The summed E-state index contributed by atoms with van der Waals surface area (Å²) in [6, 6.07) is 11.2. The highest BCUT2D eigenvalue weighted by Crippen LogP contribution is 2.34. The Hall–Kier alpha value is -2.18. The number of likely N-dealkylation sites (tertiary alicyclic amines) is 2. The first-order valence-corrected chi connectivity index (χ1v) is 10.2. The lowest BCUT2D eigenvalue weighted by molar-refractivity contribution is -0.133. The quantitative estimate of drug-likeness (QED) is 0.809. The van der Waals surface area contributed by atoms with Crippen molar-refractivity contribution in [1.29, 1.82) is 0 Å². The van der Waals surface area contributed by atoms with Crippen LogP contribution in [-0.4, -0.2) is 52.7 Å². The van der Waals surface area contributed by atoms with E-state index in [9.17, 15) is 18.7 Å². The summed E-state index contributed by atoms with van der Waals surface area (Å²) in [5.41, 5.74) is 1.56. The van der Waals surface area contributed by atoms with Crippen molar-refractivity contribution in [1.82, 2.24) is 9.80 Å². The van der Waals surface area contributed by atoms with Crippen molar-refractivity contribution in [3.63, 3.8) is 0 Å². The summed E-state index contributed by atoms with van der Waals surface area (Å²) in [5, 5.41) is 10.00. The fourth-order valence-corrected chi connectivity index (χ4v) is 4.50. The maximum atomic E-state index is 14.9. The van der Waals surface area contributed by atoms with E-state index in [0.29, 0.717) is 43.1 Å². The molecular formula is C22H23ClF2N2O2. The Labute approximate surface area is 173 Å². The molecule has 0 aromatic heterocycles. The predicted octanol–water partition coefficient (Wildman–Crippen LogP) is 4.11. The highest BCUT2D eigenvalue weighted by Gasteiger charge is 2.40. The van der Waals surface area contributed by atoms with Crippen LogP contribution >= 0.6 is 11.6 Å². The van der Waals surface area contributed by atoms with Gasteiger partial charge in [0.15, 0.2) is 11.6 Å². The number of phenolic OH excluding ortho intramolecular Hbond substituents is 1. The van der Waals surface area contributed by atoms with Gasteiger partial charge in [-0.15, -0.1) is 0 Å². The van der Waals surface area contributed by atoms with Crippen LogP contribution in [-0.2, 0) is 11.3 Å². The normalized spacial score (nSPS) is 25.6. The lowest BCUT2D eigenvalue weighted by atomic mass is 9.87. The monoisotopic (exact) mass is 420 g/mol. The second-order valence-electron chi connectivity index (χ2n) is 7.81. The lowest BCUT2D eigenvalue weighted by Crippen LogP contribution is -2.49. The number of aromatic hydroxyl groups is 1. The highest BCUT2D eigenvalue weighted by atomic mass is 35.5. The van der Waals surface area contributed by atoms with Crippen molar-refractivity contribution in [2.24, 2.45) is 0 Å². The van der Waals surface area contributed by atoms with Crippen molar-refractivity contribution < 1.29 is 18.7 Å². The fraction of sp³-hybridized carbons (Fsp3) is 0.409. The number of rotatable bonds is 4. The molecule has 2 saturated heterocycles. The van der Waals surface area contributed by atoms with Gasteiger partial charge in [0.25, 0.3) is 0 Å². The van der Waals surface area contributed by atoms with Gasteiger partial charge in [-0.25, -0.2) is 8.78 Å². The van der Waals surface area contributed by atoms with Crippen LogP contribution in [0.3, 0.4) is 0 Å². The SMILES string of the molecule is O=C1[C@H](N2CC[C@@H](c3ccc(O)c(F)c3)[C@H](F)C2)CCN1Cc1ccc(Cl)cc1. The molecule has 7 heteroatoms. The number of alkyl halides is 1. The summed E-state index contributed by atoms with van der Waals surface area (Å²) < 4.78 is 28.6. The number of hydrogen-bond acceptors (Lipinski definition) is 3. The van der Waals surface area contributed by atoms with Gasteiger partial charge in [0.1, 0.15) is 6.17 Å². The number of hydrogen-bond donors (Lipinski definition) is 1.